The van der Waals surface area contributed by atoms with Gasteiger partial charge in [-0.25, -0.2) is 0 Å². The molecule has 1 amide bonds. The van der Waals surface area contributed by atoms with Gasteiger partial charge >= 0.3 is 5.97 Å². The third-order valence-electron chi connectivity index (χ3n) is 3.37. The number of hydrogen-bond acceptors (Lipinski definition) is 4. The van der Waals surface area contributed by atoms with Crippen LogP contribution in [-0.2, 0) is 9.59 Å². The summed E-state index contributed by atoms with van der Waals surface area (Å²) < 4.78 is 0. The van der Waals surface area contributed by atoms with Crippen LogP contribution in [0.4, 0.5) is 11.4 Å². The monoisotopic (exact) mass is 293 g/mol. The van der Waals surface area contributed by atoms with Crippen LogP contribution in [0.15, 0.2) is 24.3 Å². The number of carbonyl (C=O) groups excluding carboxylic acids is 1. The summed E-state index contributed by atoms with van der Waals surface area (Å²) >= 11 is 0. The molecule has 0 atom stereocenters. The molecule has 6 heteroatoms. The van der Waals surface area contributed by atoms with Gasteiger partial charge in [0.25, 0.3) is 0 Å². The average molecular weight is 293 g/mol. The van der Waals surface area contributed by atoms with E-state index in [2.05, 4.69) is 0 Å². The molecule has 0 saturated heterocycles. The largest absolute Gasteiger partial charge is 0.481 e. The van der Waals surface area contributed by atoms with Gasteiger partial charge in [-0.2, -0.15) is 0 Å². The van der Waals surface area contributed by atoms with Crippen LogP contribution in [0.5, 0.6) is 0 Å². The number of anilines is 2. The Labute approximate surface area is 125 Å². The van der Waals surface area contributed by atoms with Gasteiger partial charge in [0.1, 0.15) is 0 Å². The highest BCUT2D eigenvalue weighted by Gasteiger charge is 2.18. The Bertz CT molecular complexity index is 503. The average Bonchev–Trinajstić information content (AvgIpc) is 2.42. The standard InChI is InChI=1S/C15H23N3O3/c1-11(2)17(3)14(19)10-18(9-8-15(20)21)13-7-5-4-6-12(13)16/h4-7,11H,8-10,16H2,1-3H3,(H,20,21). The number of nitrogens with two attached hydrogens (primary N) is 1. The van der Waals surface area contributed by atoms with Crippen molar-refractivity contribution in [1.29, 1.82) is 0 Å². The summed E-state index contributed by atoms with van der Waals surface area (Å²) in [5.74, 6) is -0.974. The number of rotatable bonds is 7. The second-order valence-corrected chi connectivity index (χ2v) is 5.22. The van der Waals surface area contributed by atoms with E-state index in [1.165, 1.54) is 0 Å². The number of nitrogen functional groups attached to an aromatic ring is 1. The van der Waals surface area contributed by atoms with Crippen LogP contribution in [0.25, 0.3) is 0 Å². The quantitative estimate of drug-likeness (QED) is 0.742. The predicted molar refractivity (Wildman–Crippen MR) is 83.2 cm³/mol. The van der Waals surface area contributed by atoms with Gasteiger partial charge in [-0.15, -0.1) is 0 Å². The van der Waals surface area contributed by atoms with Crippen LogP contribution in [0.2, 0.25) is 0 Å². The number of carboxylic acid groups (broad SMARTS) is 1. The number of carboxylic acids is 1. The molecule has 1 aromatic carbocycles. The van der Waals surface area contributed by atoms with E-state index >= 15 is 0 Å². The summed E-state index contributed by atoms with van der Waals surface area (Å²) in [6, 6.07) is 7.23. The molecule has 0 aliphatic rings. The molecule has 0 fully saturated rings. The van der Waals surface area contributed by atoms with E-state index in [1.54, 1.807) is 35.0 Å². The van der Waals surface area contributed by atoms with Crippen LogP contribution < -0.4 is 10.6 Å². The Morgan fingerprint density at radius 1 is 1.29 bits per heavy atom. The molecule has 0 unspecified atom stereocenters. The highest BCUT2D eigenvalue weighted by Crippen LogP contribution is 2.22. The van der Waals surface area contributed by atoms with Crippen LogP contribution in [0.3, 0.4) is 0 Å². The lowest BCUT2D eigenvalue weighted by Gasteiger charge is -2.29. The highest BCUT2D eigenvalue weighted by atomic mass is 16.4. The van der Waals surface area contributed by atoms with Gasteiger partial charge in [-0.1, -0.05) is 12.1 Å². The molecule has 0 saturated carbocycles. The van der Waals surface area contributed by atoms with Gasteiger partial charge in [-0.3, -0.25) is 9.59 Å². The smallest absolute Gasteiger partial charge is 0.305 e. The molecule has 0 heterocycles. The zero-order valence-corrected chi connectivity index (χ0v) is 12.7. The molecular formula is C15H23N3O3. The first-order valence-corrected chi connectivity index (χ1v) is 6.89. The van der Waals surface area contributed by atoms with Crippen molar-refractivity contribution in [3.05, 3.63) is 24.3 Å². The minimum absolute atomic E-state index is 0.0486. The molecule has 1 rings (SSSR count). The second-order valence-electron chi connectivity index (χ2n) is 5.22. The number of amides is 1. The molecule has 1 aromatic rings. The van der Waals surface area contributed by atoms with E-state index in [-0.39, 0.29) is 31.5 Å². The molecule has 0 spiro atoms. The normalized spacial score (nSPS) is 10.5. The van der Waals surface area contributed by atoms with Gasteiger partial charge in [0.05, 0.1) is 24.3 Å². The number of carbonyl (C=O) groups is 2. The lowest BCUT2D eigenvalue weighted by Crippen LogP contribution is -2.42. The summed E-state index contributed by atoms with van der Waals surface area (Å²) in [4.78, 5) is 26.4. The maximum absolute atomic E-state index is 12.2. The molecule has 21 heavy (non-hydrogen) atoms. The molecule has 3 N–H and O–H groups in total. The molecule has 0 radical (unpaired) electrons. The minimum Gasteiger partial charge on any atom is -0.481 e. The number of likely N-dealkylation sites (N-methyl/N-ethyl adjacent to an activating group) is 1. The van der Waals surface area contributed by atoms with Crippen molar-refractivity contribution >= 4 is 23.3 Å². The molecule has 0 aliphatic carbocycles. The van der Waals surface area contributed by atoms with E-state index in [0.29, 0.717) is 11.4 Å². The predicted octanol–water partition coefficient (Wildman–Crippen LogP) is 1.42. The SMILES string of the molecule is CC(C)N(C)C(=O)CN(CCC(=O)O)c1ccccc1N. The van der Waals surface area contributed by atoms with Crippen LogP contribution in [0, 0.1) is 0 Å². The van der Waals surface area contributed by atoms with Crippen molar-refractivity contribution in [3.8, 4) is 0 Å². The third-order valence-corrected chi connectivity index (χ3v) is 3.37. The summed E-state index contributed by atoms with van der Waals surface area (Å²) in [6.45, 7) is 4.20. The van der Waals surface area contributed by atoms with Crippen LogP contribution in [-0.4, -0.2) is 48.1 Å². The first-order valence-electron chi connectivity index (χ1n) is 6.89. The van der Waals surface area contributed by atoms with E-state index in [4.69, 9.17) is 10.8 Å². The first-order chi connectivity index (χ1) is 9.82. The Hall–Kier alpha value is -2.24. The number of aliphatic carboxylic acids is 1. The topological polar surface area (TPSA) is 86.9 Å². The Kier molecular flexibility index (Phi) is 6.02. The highest BCUT2D eigenvalue weighted by molar-refractivity contribution is 5.83. The fraction of sp³-hybridized carbons (Fsp3) is 0.467. The first kappa shape index (κ1) is 16.8. The van der Waals surface area contributed by atoms with Crippen molar-refractivity contribution < 1.29 is 14.7 Å². The summed E-state index contributed by atoms with van der Waals surface area (Å²) in [6.07, 6.45) is -0.0486. The fourth-order valence-corrected chi connectivity index (χ4v) is 1.85. The van der Waals surface area contributed by atoms with E-state index in [1.807, 2.05) is 19.9 Å². The third kappa shape index (κ3) is 4.98. The van der Waals surface area contributed by atoms with Crippen LogP contribution in [0.1, 0.15) is 20.3 Å². The molecule has 0 aliphatic heterocycles. The summed E-state index contributed by atoms with van der Waals surface area (Å²) in [5, 5.41) is 8.86. The Morgan fingerprint density at radius 3 is 2.43 bits per heavy atom. The number of hydrogen-bond donors (Lipinski definition) is 2. The molecule has 0 bridgehead atoms. The number of para-hydroxylation sites is 2. The van der Waals surface area contributed by atoms with Gasteiger partial charge in [0, 0.05) is 19.6 Å². The maximum atomic E-state index is 12.2. The zero-order chi connectivity index (χ0) is 16.0. The second kappa shape index (κ2) is 7.52. The lowest BCUT2D eigenvalue weighted by atomic mass is 10.2. The maximum Gasteiger partial charge on any atom is 0.305 e. The van der Waals surface area contributed by atoms with Crippen LogP contribution >= 0.6 is 0 Å². The van der Waals surface area contributed by atoms with Crippen molar-refractivity contribution in [2.45, 2.75) is 26.3 Å². The van der Waals surface area contributed by atoms with Crippen molar-refractivity contribution in [3.63, 3.8) is 0 Å². The van der Waals surface area contributed by atoms with E-state index in [9.17, 15) is 9.59 Å². The van der Waals surface area contributed by atoms with Crippen molar-refractivity contribution in [1.82, 2.24) is 4.90 Å². The number of nitrogens with zero attached hydrogens (tertiary/aromatic N) is 2. The summed E-state index contributed by atoms with van der Waals surface area (Å²) in [5.41, 5.74) is 7.14. The molecular weight excluding hydrogens is 270 g/mol. The fourth-order valence-electron chi connectivity index (χ4n) is 1.85. The van der Waals surface area contributed by atoms with Crippen molar-refractivity contribution in [2.75, 3.05) is 30.8 Å². The van der Waals surface area contributed by atoms with Gasteiger partial charge < -0.3 is 20.6 Å². The van der Waals surface area contributed by atoms with E-state index in [0.717, 1.165) is 0 Å². The van der Waals surface area contributed by atoms with E-state index < -0.39 is 5.97 Å². The molecule has 6 nitrogen and oxygen atoms in total. The lowest BCUT2D eigenvalue weighted by molar-refractivity contribution is -0.137. The Balaban J connectivity index is 2.90. The number of benzene rings is 1. The molecule has 0 aromatic heterocycles. The zero-order valence-electron chi connectivity index (χ0n) is 12.7. The van der Waals surface area contributed by atoms with Gasteiger partial charge in [0.2, 0.25) is 5.91 Å². The van der Waals surface area contributed by atoms with Gasteiger partial charge in [-0.05, 0) is 26.0 Å². The summed E-state index contributed by atoms with van der Waals surface area (Å²) in [7, 11) is 1.73. The molecule has 116 valence electrons. The Morgan fingerprint density at radius 2 is 1.90 bits per heavy atom. The van der Waals surface area contributed by atoms with Crippen molar-refractivity contribution in [2.24, 2.45) is 0 Å². The van der Waals surface area contributed by atoms with Gasteiger partial charge in [0.15, 0.2) is 0 Å². The minimum atomic E-state index is -0.904.